The van der Waals surface area contributed by atoms with Gasteiger partial charge in [0.15, 0.2) is 0 Å². The zero-order valence-corrected chi connectivity index (χ0v) is 8.93. The fourth-order valence-electron chi connectivity index (χ4n) is 1.03. The van der Waals surface area contributed by atoms with Crippen molar-refractivity contribution in [3.63, 3.8) is 0 Å². The lowest BCUT2D eigenvalue weighted by molar-refractivity contribution is -0.138. The van der Waals surface area contributed by atoms with Crippen molar-refractivity contribution in [3.05, 3.63) is 33.8 Å². The number of nitrogens with two attached hydrogens (primary N) is 1. The molecule has 0 radical (unpaired) electrons. The van der Waals surface area contributed by atoms with Gasteiger partial charge in [0.05, 0.1) is 5.56 Å². The number of hydrogen-bond donors (Lipinski definition) is 3. The molecule has 1 rings (SSSR count). The van der Waals surface area contributed by atoms with Crippen LogP contribution in [0.3, 0.4) is 0 Å². The average molecular weight is 285 g/mol. The highest BCUT2D eigenvalue weighted by Crippen LogP contribution is 2.35. The van der Waals surface area contributed by atoms with Gasteiger partial charge in [0.2, 0.25) is 0 Å². The Hall–Kier alpha value is -0.630. The van der Waals surface area contributed by atoms with Crippen molar-refractivity contribution < 1.29 is 18.4 Å². The first-order chi connectivity index (χ1) is 6.86. The van der Waals surface area contributed by atoms with Crippen LogP contribution in [0.4, 0.5) is 13.2 Å². The van der Waals surface area contributed by atoms with Gasteiger partial charge in [-0.3, -0.25) is 0 Å². The first kappa shape index (κ1) is 12.4. The third-order valence-corrected chi connectivity index (χ3v) is 2.49. The van der Waals surface area contributed by atoms with Gasteiger partial charge in [-0.1, -0.05) is 22.0 Å². The third-order valence-electron chi connectivity index (χ3n) is 1.79. The number of nitrogens with one attached hydrogen (secondary N) is 1. The van der Waals surface area contributed by atoms with Gasteiger partial charge < -0.3 is 10.9 Å². The van der Waals surface area contributed by atoms with Crippen LogP contribution in [0.1, 0.15) is 17.3 Å². The highest BCUT2D eigenvalue weighted by Gasteiger charge is 2.33. The van der Waals surface area contributed by atoms with Crippen molar-refractivity contribution in [2.75, 3.05) is 0 Å². The van der Waals surface area contributed by atoms with Gasteiger partial charge in [0, 0.05) is 4.47 Å². The summed E-state index contributed by atoms with van der Waals surface area (Å²) in [4.78, 5) is 0. The molecule has 0 aromatic heterocycles. The predicted molar refractivity (Wildman–Crippen MR) is 51.0 cm³/mol. The first-order valence-electron chi connectivity index (χ1n) is 3.88. The van der Waals surface area contributed by atoms with E-state index >= 15 is 0 Å². The summed E-state index contributed by atoms with van der Waals surface area (Å²) >= 11 is 2.79. The molecule has 0 fully saturated rings. The van der Waals surface area contributed by atoms with E-state index in [0.29, 0.717) is 0 Å². The molecule has 84 valence electrons. The molecule has 1 atom stereocenters. The number of rotatable bonds is 2. The van der Waals surface area contributed by atoms with Crippen molar-refractivity contribution in [2.45, 2.75) is 12.3 Å². The van der Waals surface area contributed by atoms with Crippen molar-refractivity contribution in [1.82, 2.24) is 5.48 Å². The minimum absolute atomic E-state index is 0.0658. The minimum atomic E-state index is -4.45. The summed E-state index contributed by atoms with van der Waals surface area (Å²) in [6.07, 6.45) is -5.50. The Morgan fingerprint density at radius 2 is 2.00 bits per heavy atom. The molecule has 0 amide bonds. The molecule has 0 heterocycles. The SMILES string of the molecule is NC(NO)c1ccc(Br)c(C(F)(F)F)c1. The Morgan fingerprint density at radius 3 is 2.47 bits per heavy atom. The summed E-state index contributed by atoms with van der Waals surface area (Å²) < 4.78 is 37.3. The minimum Gasteiger partial charge on any atom is -0.315 e. The molecule has 0 spiro atoms. The molecule has 7 heteroatoms. The maximum atomic E-state index is 12.4. The van der Waals surface area contributed by atoms with Crippen LogP contribution >= 0.6 is 15.9 Å². The standard InChI is InChI=1S/C8H8BrF3N2O/c9-6-2-1-4(7(13)14-15)3-5(6)8(10,11)12/h1-3,7,14-15H,13H2. The second-order valence-corrected chi connectivity index (χ2v) is 3.70. The van der Waals surface area contributed by atoms with Crippen LogP contribution in [0.5, 0.6) is 0 Å². The van der Waals surface area contributed by atoms with Gasteiger partial charge in [0.25, 0.3) is 0 Å². The highest BCUT2D eigenvalue weighted by molar-refractivity contribution is 9.10. The molecule has 0 aliphatic rings. The molecule has 1 aromatic carbocycles. The van der Waals surface area contributed by atoms with E-state index in [1.165, 1.54) is 12.1 Å². The quantitative estimate of drug-likeness (QED) is 0.577. The molecule has 0 saturated carbocycles. The van der Waals surface area contributed by atoms with Gasteiger partial charge in [0.1, 0.15) is 6.17 Å². The number of hydrogen-bond acceptors (Lipinski definition) is 3. The summed E-state index contributed by atoms with van der Waals surface area (Å²) in [5.41, 5.74) is 6.31. The molecular formula is C8H8BrF3N2O. The maximum absolute atomic E-state index is 12.4. The van der Waals surface area contributed by atoms with Crippen LogP contribution in [-0.2, 0) is 6.18 Å². The Labute approximate surface area is 92.2 Å². The van der Waals surface area contributed by atoms with Gasteiger partial charge in [-0.2, -0.15) is 18.7 Å². The van der Waals surface area contributed by atoms with Crippen LogP contribution in [0.2, 0.25) is 0 Å². The van der Waals surface area contributed by atoms with E-state index in [4.69, 9.17) is 10.9 Å². The fourth-order valence-corrected chi connectivity index (χ4v) is 1.50. The molecule has 4 N–H and O–H groups in total. The van der Waals surface area contributed by atoms with E-state index in [2.05, 4.69) is 15.9 Å². The summed E-state index contributed by atoms with van der Waals surface area (Å²) in [6.45, 7) is 0. The van der Waals surface area contributed by atoms with E-state index in [0.717, 1.165) is 6.07 Å². The second-order valence-electron chi connectivity index (χ2n) is 2.84. The lowest BCUT2D eigenvalue weighted by Gasteiger charge is -2.14. The normalized spacial score (nSPS) is 14.0. The second kappa shape index (κ2) is 4.48. The molecule has 3 nitrogen and oxygen atoms in total. The van der Waals surface area contributed by atoms with E-state index in [9.17, 15) is 13.2 Å². The number of halogens is 4. The Kier molecular flexibility index (Phi) is 3.72. The average Bonchev–Trinajstić information content (AvgIpc) is 2.15. The van der Waals surface area contributed by atoms with Gasteiger partial charge >= 0.3 is 6.18 Å². The monoisotopic (exact) mass is 284 g/mol. The number of alkyl halides is 3. The summed E-state index contributed by atoms with van der Waals surface area (Å²) in [5, 5.41) is 8.48. The van der Waals surface area contributed by atoms with E-state index in [1.807, 2.05) is 0 Å². The largest absolute Gasteiger partial charge is 0.417 e. The molecular weight excluding hydrogens is 277 g/mol. The van der Waals surface area contributed by atoms with Gasteiger partial charge in [-0.05, 0) is 17.7 Å². The van der Waals surface area contributed by atoms with E-state index < -0.39 is 17.9 Å². The predicted octanol–water partition coefficient (Wildman–Crippen LogP) is 2.40. The summed E-state index contributed by atoms with van der Waals surface area (Å²) in [6, 6.07) is 3.49. The molecule has 0 saturated heterocycles. The Balaban J connectivity index is 3.17. The molecule has 15 heavy (non-hydrogen) atoms. The van der Waals surface area contributed by atoms with Crippen molar-refractivity contribution >= 4 is 15.9 Å². The topological polar surface area (TPSA) is 58.3 Å². The third kappa shape index (κ3) is 2.91. The molecule has 0 aliphatic carbocycles. The van der Waals surface area contributed by atoms with Crippen LogP contribution in [0.15, 0.2) is 22.7 Å². The first-order valence-corrected chi connectivity index (χ1v) is 4.67. The van der Waals surface area contributed by atoms with Crippen LogP contribution in [0.25, 0.3) is 0 Å². The van der Waals surface area contributed by atoms with Crippen LogP contribution in [0, 0.1) is 0 Å². The zero-order valence-electron chi connectivity index (χ0n) is 7.35. The fraction of sp³-hybridized carbons (Fsp3) is 0.250. The summed E-state index contributed by atoms with van der Waals surface area (Å²) in [5.74, 6) is 0. The highest BCUT2D eigenvalue weighted by atomic mass is 79.9. The Morgan fingerprint density at radius 1 is 1.40 bits per heavy atom. The number of hydroxylamine groups is 1. The molecule has 1 aromatic rings. The van der Waals surface area contributed by atoms with Crippen molar-refractivity contribution in [3.8, 4) is 0 Å². The van der Waals surface area contributed by atoms with Crippen LogP contribution in [-0.4, -0.2) is 5.21 Å². The Bertz CT molecular complexity index is 356. The summed E-state index contributed by atoms with van der Waals surface area (Å²) in [7, 11) is 0. The lowest BCUT2D eigenvalue weighted by Crippen LogP contribution is -2.25. The maximum Gasteiger partial charge on any atom is 0.417 e. The van der Waals surface area contributed by atoms with Gasteiger partial charge in [-0.25, -0.2) is 0 Å². The smallest absolute Gasteiger partial charge is 0.315 e. The zero-order chi connectivity index (χ0) is 11.6. The van der Waals surface area contributed by atoms with Crippen molar-refractivity contribution in [1.29, 1.82) is 0 Å². The van der Waals surface area contributed by atoms with E-state index in [-0.39, 0.29) is 10.0 Å². The van der Waals surface area contributed by atoms with Crippen molar-refractivity contribution in [2.24, 2.45) is 5.73 Å². The molecule has 1 unspecified atom stereocenters. The lowest BCUT2D eigenvalue weighted by atomic mass is 10.1. The number of benzene rings is 1. The molecule has 0 aliphatic heterocycles. The molecule has 0 bridgehead atoms. The van der Waals surface area contributed by atoms with Gasteiger partial charge in [-0.15, -0.1) is 0 Å². The van der Waals surface area contributed by atoms with E-state index in [1.54, 1.807) is 5.48 Å². The van der Waals surface area contributed by atoms with Crippen LogP contribution < -0.4 is 11.2 Å².